The molecule has 0 unspecified atom stereocenters. The number of hydrogen-bond donors (Lipinski definition) is 0. The van der Waals surface area contributed by atoms with Gasteiger partial charge in [0.25, 0.3) is 5.91 Å². The van der Waals surface area contributed by atoms with Gasteiger partial charge in [0.05, 0.1) is 21.3 Å². The number of carbonyl (C=O) groups excluding carboxylic acids is 1. The standard InChI is InChI=1S/C22H31NO4/c1-23(13-22-10-14-5-15(11-22)7-16(6-14)12-22)21(24)17-8-18(25-2)20(27-4)19(9-17)26-3/h8-9,14-16H,5-7,10-13H2,1-4H3. The molecule has 0 spiro atoms. The van der Waals surface area contributed by atoms with Crippen LogP contribution in [0.15, 0.2) is 12.1 Å². The van der Waals surface area contributed by atoms with Crippen molar-refractivity contribution in [2.75, 3.05) is 34.9 Å². The first-order valence-corrected chi connectivity index (χ1v) is 10.0. The minimum atomic E-state index is 0.0185. The van der Waals surface area contributed by atoms with Crippen LogP contribution in [0.25, 0.3) is 0 Å². The Morgan fingerprint density at radius 2 is 1.44 bits per heavy atom. The smallest absolute Gasteiger partial charge is 0.253 e. The van der Waals surface area contributed by atoms with E-state index in [1.165, 1.54) is 38.5 Å². The fraction of sp³-hybridized carbons (Fsp3) is 0.682. The summed E-state index contributed by atoms with van der Waals surface area (Å²) < 4.78 is 16.2. The molecule has 5 heteroatoms. The van der Waals surface area contributed by atoms with Crippen molar-refractivity contribution in [3.05, 3.63) is 17.7 Å². The van der Waals surface area contributed by atoms with Gasteiger partial charge in [-0.05, 0) is 73.8 Å². The predicted octanol–water partition coefficient (Wildman–Crippen LogP) is 4.00. The minimum Gasteiger partial charge on any atom is -0.493 e. The summed E-state index contributed by atoms with van der Waals surface area (Å²) in [5.41, 5.74) is 0.913. The van der Waals surface area contributed by atoms with Crippen molar-refractivity contribution < 1.29 is 19.0 Å². The van der Waals surface area contributed by atoms with Crippen LogP contribution in [0.1, 0.15) is 48.9 Å². The number of nitrogens with zero attached hydrogens (tertiary/aromatic N) is 1. The molecule has 0 atom stereocenters. The maximum atomic E-state index is 13.2. The lowest BCUT2D eigenvalue weighted by Gasteiger charge is -2.57. The lowest BCUT2D eigenvalue weighted by Crippen LogP contribution is -2.51. The van der Waals surface area contributed by atoms with E-state index in [9.17, 15) is 4.79 Å². The first kappa shape index (κ1) is 18.5. The lowest BCUT2D eigenvalue weighted by atomic mass is 9.49. The molecular formula is C22H31NO4. The monoisotopic (exact) mass is 373 g/mol. The van der Waals surface area contributed by atoms with Gasteiger partial charge in [0.1, 0.15) is 0 Å². The summed E-state index contributed by atoms with van der Waals surface area (Å²) in [7, 11) is 6.65. The van der Waals surface area contributed by atoms with Crippen LogP contribution in [0, 0.1) is 23.2 Å². The van der Waals surface area contributed by atoms with Crippen molar-refractivity contribution >= 4 is 5.91 Å². The third-order valence-electron chi connectivity index (χ3n) is 7.00. The zero-order valence-electron chi connectivity index (χ0n) is 16.9. The second kappa shape index (κ2) is 6.92. The van der Waals surface area contributed by atoms with Crippen LogP contribution in [-0.4, -0.2) is 45.7 Å². The zero-order chi connectivity index (χ0) is 19.2. The van der Waals surface area contributed by atoms with Gasteiger partial charge in [-0.1, -0.05) is 0 Å². The SMILES string of the molecule is COc1cc(C(=O)N(C)CC23CC4CC(CC(C4)C2)C3)cc(OC)c1OC. The van der Waals surface area contributed by atoms with E-state index in [1.54, 1.807) is 33.5 Å². The Morgan fingerprint density at radius 3 is 1.85 bits per heavy atom. The Bertz CT molecular complexity index is 669. The van der Waals surface area contributed by atoms with E-state index in [0.29, 0.717) is 28.2 Å². The Labute approximate surface area is 162 Å². The van der Waals surface area contributed by atoms with E-state index < -0.39 is 0 Å². The largest absolute Gasteiger partial charge is 0.493 e. The zero-order valence-corrected chi connectivity index (χ0v) is 16.9. The molecule has 1 aromatic rings. The molecule has 0 radical (unpaired) electrons. The van der Waals surface area contributed by atoms with E-state index in [0.717, 1.165) is 24.3 Å². The Balaban J connectivity index is 1.54. The molecule has 27 heavy (non-hydrogen) atoms. The number of hydrogen-bond acceptors (Lipinski definition) is 4. The molecule has 4 fully saturated rings. The topological polar surface area (TPSA) is 48.0 Å². The second-order valence-corrected chi connectivity index (χ2v) is 8.99. The Morgan fingerprint density at radius 1 is 0.963 bits per heavy atom. The number of carbonyl (C=O) groups is 1. The van der Waals surface area contributed by atoms with Crippen molar-refractivity contribution in [1.29, 1.82) is 0 Å². The van der Waals surface area contributed by atoms with Crippen molar-refractivity contribution in [3.8, 4) is 17.2 Å². The fourth-order valence-corrected chi connectivity index (χ4v) is 6.48. The molecule has 1 amide bonds. The molecule has 0 N–H and O–H groups in total. The normalized spacial score (nSPS) is 30.9. The molecule has 1 aromatic carbocycles. The van der Waals surface area contributed by atoms with Crippen LogP contribution in [0.2, 0.25) is 0 Å². The molecule has 4 saturated carbocycles. The summed E-state index contributed by atoms with van der Waals surface area (Å²) in [6.45, 7) is 0.853. The summed E-state index contributed by atoms with van der Waals surface area (Å²) in [6.07, 6.45) is 8.15. The van der Waals surface area contributed by atoms with E-state index in [-0.39, 0.29) is 5.91 Å². The van der Waals surface area contributed by atoms with Crippen LogP contribution < -0.4 is 14.2 Å². The third-order valence-corrected chi connectivity index (χ3v) is 7.00. The molecule has 4 aliphatic carbocycles. The van der Waals surface area contributed by atoms with Crippen molar-refractivity contribution in [1.82, 2.24) is 4.90 Å². The molecule has 5 nitrogen and oxygen atoms in total. The minimum absolute atomic E-state index is 0.0185. The average Bonchev–Trinajstić information content (AvgIpc) is 2.64. The quantitative estimate of drug-likeness (QED) is 0.756. The maximum absolute atomic E-state index is 13.2. The van der Waals surface area contributed by atoms with Crippen molar-refractivity contribution in [2.45, 2.75) is 38.5 Å². The van der Waals surface area contributed by atoms with Gasteiger partial charge in [0.15, 0.2) is 11.5 Å². The van der Waals surface area contributed by atoms with Gasteiger partial charge in [-0.15, -0.1) is 0 Å². The van der Waals surface area contributed by atoms with Crippen LogP contribution in [0.5, 0.6) is 17.2 Å². The fourth-order valence-electron chi connectivity index (χ4n) is 6.48. The molecular weight excluding hydrogens is 342 g/mol. The van der Waals surface area contributed by atoms with Crippen LogP contribution in [0.4, 0.5) is 0 Å². The number of rotatable bonds is 6. The summed E-state index contributed by atoms with van der Waals surface area (Å²) in [4.78, 5) is 15.1. The molecule has 0 saturated heterocycles. The van der Waals surface area contributed by atoms with Gasteiger partial charge in [-0.2, -0.15) is 0 Å². The van der Waals surface area contributed by atoms with Gasteiger partial charge in [0.2, 0.25) is 5.75 Å². The molecule has 4 bridgehead atoms. The summed E-state index contributed by atoms with van der Waals surface area (Å²) in [5, 5.41) is 0. The molecule has 0 aromatic heterocycles. The number of ether oxygens (including phenoxy) is 3. The van der Waals surface area contributed by atoms with E-state index in [2.05, 4.69) is 0 Å². The summed E-state index contributed by atoms with van der Waals surface area (Å²) in [6, 6.07) is 3.50. The molecule has 0 aliphatic heterocycles. The highest BCUT2D eigenvalue weighted by Gasteiger charge is 2.51. The molecule has 0 heterocycles. The van der Waals surface area contributed by atoms with Crippen LogP contribution >= 0.6 is 0 Å². The number of methoxy groups -OCH3 is 3. The number of benzene rings is 1. The Hall–Kier alpha value is -1.91. The van der Waals surface area contributed by atoms with Crippen LogP contribution in [0.3, 0.4) is 0 Å². The van der Waals surface area contributed by atoms with E-state index >= 15 is 0 Å². The highest BCUT2D eigenvalue weighted by Crippen LogP contribution is 2.60. The van der Waals surface area contributed by atoms with Crippen molar-refractivity contribution in [3.63, 3.8) is 0 Å². The van der Waals surface area contributed by atoms with E-state index in [1.807, 2.05) is 11.9 Å². The lowest BCUT2D eigenvalue weighted by molar-refractivity contribution is -0.0629. The first-order chi connectivity index (χ1) is 13.0. The highest BCUT2D eigenvalue weighted by atomic mass is 16.5. The van der Waals surface area contributed by atoms with E-state index in [4.69, 9.17) is 14.2 Å². The summed E-state index contributed by atoms with van der Waals surface area (Å²) >= 11 is 0. The predicted molar refractivity (Wildman–Crippen MR) is 104 cm³/mol. The highest BCUT2D eigenvalue weighted by molar-refractivity contribution is 5.95. The second-order valence-electron chi connectivity index (χ2n) is 8.99. The van der Waals surface area contributed by atoms with Gasteiger partial charge in [-0.25, -0.2) is 0 Å². The summed E-state index contributed by atoms with van der Waals surface area (Å²) in [5.74, 6) is 4.24. The Kier molecular flexibility index (Phi) is 4.73. The third kappa shape index (κ3) is 3.26. The van der Waals surface area contributed by atoms with Crippen LogP contribution in [-0.2, 0) is 0 Å². The number of amides is 1. The van der Waals surface area contributed by atoms with Gasteiger partial charge < -0.3 is 19.1 Å². The molecule has 148 valence electrons. The molecule has 4 aliphatic rings. The average molecular weight is 373 g/mol. The van der Waals surface area contributed by atoms with Crippen molar-refractivity contribution in [2.24, 2.45) is 23.2 Å². The molecule has 5 rings (SSSR count). The maximum Gasteiger partial charge on any atom is 0.253 e. The van der Waals surface area contributed by atoms with Gasteiger partial charge in [-0.3, -0.25) is 4.79 Å². The van der Waals surface area contributed by atoms with Gasteiger partial charge in [0, 0.05) is 19.2 Å². The van der Waals surface area contributed by atoms with Gasteiger partial charge >= 0.3 is 0 Å². The first-order valence-electron chi connectivity index (χ1n) is 10.0.